The molecule has 1 atom stereocenters. The van der Waals surface area contributed by atoms with Crippen molar-refractivity contribution in [2.45, 2.75) is 31.5 Å². The molecular formula is C20H20ClN3O2S. The van der Waals surface area contributed by atoms with Crippen molar-refractivity contribution in [1.82, 2.24) is 15.5 Å². The molecule has 0 unspecified atom stereocenters. The number of aromatic nitrogens is 2. The highest BCUT2D eigenvalue weighted by Crippen LogP contribution is 2.24. The van der Waals surface area contributed by atoms with E-state index in [4.69, 9.17) is 16.0 Å². The van der Waals surface area contributed by atoms with Crippen molar-refractivity contribution in [2.24, 2.45) is 0 Å². The topological polar surface area (TPSA) is 68.0 Å². The molecule has 3 aromatic rings. The lowest BCUT2D eigenvalue weighted by Crippen LogP contribution is -2.29. The molecule has 0 spiro atoms. The third kappa shape index (κ3) is 5.34. The monoisotopic (exact) mass is 401 g/mol. The van der Waals surface area contributed by atoms with Crippen LogP contribution in [0.5, 0.6) is 0 Å². The van der Waals surface area contributed by atoms with Crippen LogP contribution in [0.1, 0.15) is 30.5 Å². The molecule has 0 aliphatic rings. The number of hydrogen-bond donors (Lipinski definition) is 1. The summed E-state index contributed by atoms with van der Waals surface area (Å²) in [5, 5.41) is 12.1. The standard InChI is InChI=1S/C20H20ClN3O2S/c1-3-17(14-6-4-13(2)5-7-14)22-18(25)12-27-20-24-23-19(26-20)15-8-10-16(21)11-9-15/h4-11,17H,3,12H2,1-2H3,(H,22,25)/t17-/m0/s1. The predicted molar refractivity (Wildman–Crippen MR) is 108 cm³/mol. The maximum atomic E-state index is 12.3. The van der Waals surface area contributed by atoms with Crippen LogP contribution in [0.25, 0.3) is 11.5 Å². The zero-order valence-electron chi connectivity index (χ0n) is 15.1. The molecule has 7 heteroatoms. The Kier molecular flexibility index (Phi) is 6.53. The Morgan fingerprint density at radius 3 is 2.52 bits per heavy atom. The molecule has 0 aliphatic carbocycles. The summed E-state index contributed by atoms with van der Waals surface area (Å²) in [5.41, 5.74) is 3.08. The summed E-state index contributed by atoms with van der Waals surface area (Å²) in [6.07, 6.45) is 0.820. The van der Waals surface area contributed by atoms with E-state index in [2.05, 4.69) is 27.6 Å². The van der Waals surface area contributed by atoms with Crippen molar-refractivity contribution in [1.29, 1.82) is 0 Å². The first-order valence-electron chi connectivity index (χ1n) is 8.63. The van der Waals surface area contributed by atoms with Gasteiger partial charge in [-0.15, -0.1) is 10.2 Å². The molecule has 0 saturated heterocycles. The van der Waals surface area contributed by atoms with E-state index in [1.807, 2.05) is 38.1 Å². The lowest BCUT2D eigenvalue weighted by molar-refractivity contribution is -0.119. The van der Waals surface area contributed by atoms with Gasteiger partial charge in [0.2, 0.25) is 11.8 Å². The van der Waals surface area contributed by atoms with E-state index in [-0.39, 0.29) is 17.7 Å². The van der Waals surface area contributed by atoms with E-state index in [9.17, 15) is 4.79 Å². The number of amides is 1. The molecule has 0 aliphatic heterocycles. The van der Waals surface area contributed by atoms with Gasteiger partial charge in [-0.05, 0) is 43.2 Å². The van der Waals surface area contributed by atoms with E-state index < -0.39 is 0 Å². The highest BCUT2D eigenvalue weighted by atomic mass is 35.5. The van der Waals surface area contributed by atoms with Crippen LogP contribution in [-0.2, 0) is 4.79 Å². The van der Waals surface area contributed by atoms with Crippen LogP contribution in [0.4, 0.5) is 0 Å². The normalized spacial score (nSPS) is 12.0. The highest BCUT2D eigenvalue weighted by Gasteiger charge is 2.15. The first-order valence-corrected chi connectivity index (χ1v) is 9.99. The Labute approximate surface area is 167 Å². The average molecular weight is 402 g/mol. The second kappa shape index (κ2) is 9.06. The maximum Gasteiger partial charge on any atom is 0.277 e. The van der Waals surface area contributed by atoms with Gasteiger partial charge >= 0.3 is 0 Å². The molecule has 5 nitrogen and oxygen atoms in total. The summed E-state index contributed by atoms with van der Waals surface area (Å²) < 4.78 is 5.61. The van der Waals surface area contributed by atoms with Gasteiger partial charge in [0, 0.05) is 10.6 Å². The smallest absolute Gasteiger partial charge is 0.277 e. The fourth-order valence-electron chi connectivity index (χ4n) is 2.56. The number of rotatable bonds is 7. The van der Waals surface area contributed by atoms with Gasteiger partial charge in [-0.2, -0.15) is 0 Å². The number of nitrogens with one attached hydrogen (secondary N) is 1. The number of carbonyl (C=O) groups excluding carboxylic acids is 1. The quantitative estimate of drug-likeness (QED) is 0.560. The van der Waals surface area contributed by atoms with Gasteiger partial charge < -0.3 is 9.73 Å². The lowest BCUT2D eigenvalue weighted by Gasteiger charge is -2.17. The van der Waals surface area contributed by atoms with Crippen LogP contribution >= 0.6 is 23.4 Å². The lowest BCUT2D eigenvalue weighted by atomic mass is 10.0. The van der Waals surface area contributed by atoms with Crippen LogP contribution in [0.3, 0.4) is 0 Å². The number of nitrogens with zero attached hydrogens (tertiary/aromatic N) is 2. The van der Waals surface area contributed by atoms with Gasteiger partial charge in [-0.3, -0.25) is 4.79 Å². The summed E-state index contributed by atoms with van der Waals surface area (Å²) in [4.78, 5) is 12.3. The first kappa shape index (κ1) is 19.5. The summed E-state index contributed by atoms with van der Waals surface area (Å²) >= 11 is 7.10. The predicted octanol–water partition coefficient (Wildman–Crippen LogP) is 5.06. The number of halogens is 1. The molecule has 0 fully saturated rings. The van der Waals surface area contributed by atoms with Crippen LogP contribution in [0.15, 0.2) is 58.2 Å². The van der Waals surface area contributed by atoms with Crippen molar-refractivity contribution in [3.8, 4) is 11.5 Å². The molecule has 2 aromatic carbocycles. The molecule has 0 saturated carbocycles. The van der Waals surface area contributed by atoms with Crippen LogP contribution in [0.2, 0.25) is 5.02 Å². The number of benzene rings is 2. The van der Waals surface area contributed by atoms with Crippen LogP contribution in [-0.4, -0.2) is 21.9 Å². The van der Waals surface area contributed by atoms with E-state index in [1.54, 1.807) is 12.1 Å². The summed E-state index contributed by atoms with van der Waals surface area (Å²) in [6, 6.07) is 15.3. The van der Waals surface area contributed by atoms with Crippen LogP contribution < -0.4 is 5.32 Å². The van der Waals surface area contributed by atoms with Crippen molar-refractivity contribution in [3.05, 3.63) is 64.7 Å². The third-order valence-corrected chi connectivity index (χ3v) is 5.12. The Morgan fingerprint density at radius 1 is 1.15 bits per heavy atom. The highest BCUT2D eigenvalue weighted by molar-refractivity contribution is 7.99. The minimum Gasteiger partial charge on any atom is -0.411 e. The molecule has 0 radical (unpaired) electrons. The van der Waals surface area contributed by atoms with E-state index in [0.717, 1.165) is 17.5 Å². The summed E-state index contributed by atoms with van der Waals surface area (Å²) in [7, 11) is 0. The molecule has 1 heterocycles. The zero-order chi connectivity index (χ0) is 19.2. The minimum atomic E-state index is -0.0707. The molecule has 1 aromatic heterocycles. The second-order valence-corrected chi connectivity index (χ2v) is 7.47. The third-order valence-electron chi connectivity index (χ3n) is 4.05. The van der Waals surface area contributed by atoms with Gasteiger partial charge in [0.1, 0.15) is 0 Å². The fourth-order valence-corrected chi connectivity index (χ4v) is 3.26. The zero-order valence-corrected chi connectivity index (χ0v) is 16.7. The number of carbonyl (C=O) groups is 1. The second-order valence-electron chi connectivity index (χ2n) is 6.11. The largest absolute Gasteiger partial charge is 0.411 e. The Bertz CT molecular complexity index is 894. The summed E-state index contributed by atoms with van der Waals surface area (Å²) in [6.45, 7) is 4.09. The van der Waals surface area contributed by atoms with Gasteiger partial charge in [0.05, 0.1) is 11.8 Å². The van der Waals surface area contributed by atoms with Gasteiger partial charge in [-0.1, -0.05) is 60.1 Å². The van der Waals surface area contributed by atoms with Crippen molar-refractivity contribution in [3.63, 3.8) is 0 Å². The molecule has 140 valence electrons. The molecule has 1 N–H and O–H groups in total. The molecular weight excluding hydrogens is 382 g/mol. The average Bonchev–Trinajstić information content (AvgIpc) is 3.15. The molecule has 0 bridgehead atoms. The fraction of sp³-hybridized carbons (Fsp3) is 0.250. The maximum absolute atomic E-state index is 12.3. The summed E-state index contributed by atoms with van der Waals surface area (Å²) in [5.74, 6) is 0.546. The molecule has 27 heavy (non-hydrogen) atoms. The van der Waals surface area contributed by atoms with Gasteiger partial charge in [-0.25, -0.2) is 0 Å². The van der Waals surface area contributed by atoms with Crippen LogP contribution in [0, 0.1) is 6.92 Å². The number of hydrogen-bond acceptors (Lipinski definition) is 5. The van der Waals surface area contributed by atoms with E-state index >= 15 is 0 Å². The van der Waals surface area contributed by atoms with Gasteiger partial charge in [0.25, 0.3) is 5.22 Å². The van der Waals surface area contributed by atoms with Gasteiger partial charge in [0.15, 0.2) is 0 Å². The Balaban J connectivity index is 1.55. The first-order chi connectivity index (χ1) is 13.0. The SMILES string of the molecule is CC[C@H](NC(=O)CSc1nnc(-c2ccc(Cl)cc2)o1)c1ccc(C)cc1. The minimum absolute atomic E-state index is 0.00832. The van der Waals surface area contributed by atoms with Crippen molar-refractivity contribution >= 4 is 29.3 Å². The molecule has 1 amide bonds. The Morgan fingerprint density at radius 2 is 1.85 bits per heavy atom. The molecule has 3 rings (SSSR count). The van der Waals surface area contributed by atoms with E-state index in [1.165, 1.54) is 17.3 Å². The number of aryl methyl sites for hydroxylation is 1. The van der Waals surface area contributed by atoms with Crippen molar-refractivity contribution < 1.29 is 9.21 Å². The van der Waals surface area contributed by atoms with E-state index in [0.29, 0.717) is 16.1 Å². The Hall–Kier alpha value is -2.31. The number of thioether (sulfide) groups is 1. The van der Waals surface area contributed by atoms with Crippen molar-refractivity contribution in [2.75, 3.05) is 5.75 Å².